The average molecular weight is 616 g/mol. The van der Waals surface area contributed by atoms with Gasteiger partial charge >= 0.3 is 6.03 Å². The predicted molar refractivity (Wildman–Crippen MR) is 169 cm³/mol. The average Bonchev–Trinajstić information content (AvgIpc) is 3.01. The summed E-state index contributed by atoms with van der Waals surface area (Å²) >= 11 is 1.47. The van der Waals surface area contributed by atoms with E-state index in [1.165, 1.54) is 37.2 Å². The molecule has 1 aliphatic heterocycles. The Kier molecular flexibility index (Phi) is 8.31. The fourth-order valence-electron chi connectivity index (χ4n) is 8.39. The zero-order valence-corrected chi connectivity index (χ0v) is 25.9. The van der Waals surface area contributed by atoms with Crippen molar-refractivity contribution in [1.29, 1.82) is 0 Å². The van der Waals surface area contributed by atoms with Crippen molar-refractivity contribution in [1.82, 2.24) is 5.32 Å². The van der Waals surface area contributed by atoms with E-state index in [1.54, 1.807) is 6.07 Å². The van der Waals surface area contributed by atoms with Crippen LogP contribution in [0.2, 0.25) is 0 Å². The van der Waals surface area contributed by atoms with Crippen LogP contribution in [0.15, 0.2) is 78.0 Å². The number of hydrogen-bond donors (Lipinski definition) is 3. The first kappa shape index (κ1) is 29.6. The van der Waals surface area contributed by atoms with Crippen LogP contribution in [-0.2, 0) is 16.1 Å². The van der Waals surface area contributed by atoms with Gasteiger partial charge < -0.3 is 30.4 Å². The smallest absolute Gasteiger partial charge is 0.319 e. The molecule has 2 heterocycles. The zero-order valence-electron chi connectivity index (χ0n) is 25.1. The summed E-state index contributed by atoms with van der Waals surface area (Å²) in [6.07, 6.45) is 7.81. The summed E-state index contributed by atoms with van der Waals surface area (Å²) in [4.78, 5) is 13.1. The molecule has 4 saturated carbocycles. The minimum Gasteiger partial charge on any atom is -0.618 e. The molecule has 1 saturated heterocycles. The molecule has 4 unspecified atom stereocenters. The van der Waals surface area contributed by atoms with E-state index in [-0.39, 0.29) is 36.3 Å². The summed E-state index contributed by atoms with van der Waals surface area (Å²) < 4.78 is 14.0. The van der Waals surface area contributed by atoms with Gasteiger partial charge in [-0.05, 0) is 85.6 Å². The lowest BCUT2D eigenvalue weighted by Gasteiger charge is -2.56. The fourth-order valence-corrected chi connectivity index (χ4v) is 9.47. The highest BCUT2D eigenvalue weighted by Crippen LogP contribution is 2.55. The van der Waals surface area contributed by atoms with Gasteiger partial charge in [-0.2, -0.15) is 4.73 Å². The Morgan fingerprint density at radius 2 is 1.61 bits per heavy atom. The molecule has 4 aliphatic carbocycles. The van der Waals surface area contributed by atoms with Gasteiger partial charge in [0.25, 0.3) is 5.03 Å². The number of benzene rings is 2. The van der Waals surface area contributed by atoms with Crippen molar-refractivity contribution in [2.75, 3.05) is 11.1 Å². The molecular weight excluding hydrogens is 574 g/mol. The van der Waals surface area contributed by atoms with Crippen molar-refractivity contribution in [2.24, 2.45) is 23.7 Å². The van der Waals surface area contributed by atoms with Crippen LogP contribution in [-0.4, -0.2) is 28.5 Å². The number of ether oxygens (including phenoxy) is 2. The summed E-state index contributed by atoms with van der Waals surface area (Å²) in [5.41, 5.74) is 3.40. The number of pyridine rings is 1. The molecule has 5 aliphatic rings. The van der Waals surface area contributed by atoms with Gasteiger partial charge in [-0.15, -0.1) is 0 Å². The molecule has 3 aromatic rings. The number of nitrogens with one attached hydrogen (secondary N) is 2. The first-order chi connectivity index (χ1) is 21.4. The second kappa shape index (κ2) is 12.4. The van der Waals surface area contributed by atoms with Crippen LogP contribution in [0.5, 0.6) is 0 Å². The number of thioether (sulfide) groups is 1. The number of aliphatic hydroxyl groups is 1. The highest BCUT2D eigenvalue weighted by Gasteiger charge is 2.51. The summed E-state index contributed by atoms with van der Waals surface area (Å²) in [7, 11) is 0. The minimum atomic E-state index is -0.621. The number of rotatable bonds is 8. The molecule has 232 valence electrons. The van der Waals surface area contributed by atoms with Gasteiger partial charge in [0.1, 0.15) is 0 Å². The third-order valence-corrected chi connectivity index (χ3v) is 11.3. The molecule has 8 nitrogen and oxygen atoms in total. The lowest BCUT2D eigenvalue weighted by molar-refractivity contribution is -0.645. The Morgan fingerprint density at radius 3 is 2.25 bits per heavy atom. The van der Waals surface area contributed by atoms with Crippen LogP contribution in [0.1, 0.15) is 74.5 Å². The Bertz CT molecular complexity index is 1430. The number of urea groups is 1. The lowest BCUT2D eigenvalue weighted by atomic mass is 9.53. The summed E-state index contributed by atoms with van der Waals surface area (Å²) in [6, 6.07) is 20.8. The first-order valence-corrected chi connectivity index (χ1v) is 16.9. The standard InChI is InChI=1S/C35H41N3O5S/c1-22-30(21-44-31-4-2-3-13-38(31)41)42-33(43-32(22)27-7-5-23(20-39)6-8-27)28-9-11-29(12-10-28)36-34(40)37-35-17-24-14-25(18-35)16-26(15-24)19-35/h2-13,22,24-26,30,32-33,39H,14-21H2,1H3,(H2,36,37,40). The van der Waals surface area contributed by atoms with Crippen LogP contribution in [0.4, 0.5) is 10.5 Å². The maximum Gasteiger partial charge on any atom is 0.319 e. The number of amides is 2. The van der Waals surface area contributed by atoms with E-state index in [0.29, 0.717) is 10.8 Å². The molecule has 4 atom stereocenters. The van der Waals surface area contributed by atoms with Crippen LogP contribution >= 0.6 is 11.8 Å². The number of aliphatic hydroxyl groups excluding tert-OH is 1. The van der Waals surface area contributed by atoms with E-state index < -0.39 is 6.29 Å². The van der Waals surface area contributed by atoms with Crippen LogP contribution in [0.25, 0.3) is 0 Å². The second-order valence-electron chi connectivity index (χ2n) is 13.4. The van der Waals surface area contributed by atoms with Crippen molar-refractivity contribution in [3.63, 3.8) is 0 Å². The lowest BCUT2D eigenvalue weighted by Crippen LogP contribution is -2.60. The Labute approximate surface area is 263 Å². The van der Waals surface area contributed by atoms with Gasteiger partial charge in [-0.25, -0.2) is 4.79 Å². The van der Waals surface area contributed by atoms with Gasteiger partial charge in [-0.3, -0.25) is 0 Å². The molecule has 5 fully saturated rings. The number of carbonyl (C=O) groups excluding carboxylic acids is 1. The molecule has 0 radical (unpaired) electrons. The SMILES string of the molecule is CC1C(CSc2cccc[n+]2[O-])OC(c2ccc(NC(=O)NC34CC5CC(CC(C5)C3)C4)cc2)OC1c1ccc(CO)cc1. The second-order valence-corrected chi connectivity index (χ2v) is 14.4. The van der Waals surface area contributed by atoms with Crippen molar-refractivity contribution in [2.45, 2.75) is 81.1 Å². The van der Waals surface area contributed by atoms with E-state index >= 15 is 0 Å². The predicted octanol–water partition coefficient (Wildman–Crippen LogP) is 6.49. The van der Waals surface area contributed by atoms with E-state index in [0.717, 1.165) is 64.1 Å². The molecule has 8 rings (SSSR count). The number of nitrogens with zero attached hydrogens (tertiary/aromatic N) is 1. The number of carbonyl (C=O) groups is 1. The van der Waals surface area contributed by atoms with Crippen LogP contribution < -0.4 is 15.4 Å². The highest BCUT2D eigenvalue weighted by molar-refractivity contribution is 7.99. The van der Waals surface area contributed by atoms with Crippen molar-refractivity contribution < 1.29 is 24.1 Å². The molecule has 1 aromatic heterocycles. The Hall–Kier alpha value is -3.11. The topological polar surface area (TPSA) is 107 Å². The van der Waals surface area contributed by atoms with Crippen LogP contribution in [0, 0.1) is 28.9 Å². The molecule has 4 bridgehead atoms. The monoisotopic (exact) mass is 615 g/mol. The molecule has 2 aromatic carbocycles. The van der Waals surface area contributed by atoms with Gasteiger partial charge in [0.15, 0.2) is 12.5 Å². The van der Waals surface area contributed by atoms with Crippen LogP contribution in [0.3, 0.4) is 0 Å². The normalized spacial score (nSPS) is 32.4. The number of hydrogen-bond acceptors (Lipinski definition) is 6. The summed E-state index contributed by atoms with van der Waals surface area (Å²) in [6.45, 7) is 2.09. The summed E-state index contributed by atoms with van der Waals surface area (Å²) in [5, 5.41) is 28.9. The maximum atomic E-state index is 13.1. The number of anilines is 1. The highest BCUT2D eigenvalue weighted by atomic mass is 32.2. The summed E-state index contributed by atoms with van der Waals surface area (Å²) in [5.74, 6) is 2.91. The molecule has 44 heavy (non-hydrogen) atoms. The third kappa shape index (κ3) is 6.20. The van der Waals surface area contributed by atoms with Crippen molar-refractivity contribution in [3.8, 4) is 0 Å². The Balaban J connectivity index is 1.04. The van der Waals surface area contributed by atoms with E-state index in [2.05, 4.69) is 17.6 Å². The maximum absolute atomic E-state index is 13.1. The largest absolute Gasteiger partial charge is 0.618 e. The van der Waals surface area contributed by atoms with Gasteiger partial charge in [0.2, 0.25) is 0 Å². The molecular formula is C35H41N3O5S. The quantitative estimate of drug-likeness (QED) is 0.152. The fraction of sp³-hybridized carbons (Fsp3) is 0.486. The Morgan fingerprint density at radius 1 is 0.955 bits per heavy atom. The van der Waals surface area contributed by atoms with Gasteiger partial charge in [0.05, 0.1) is 18.8 Å². The third-order valence-electron chi connectivity index (χ3n) is 10.2. The first-order valence-electron chi connectivity index (χ1n) is 15.9. The van der Waals surface area contributed by atoms with Gasteiger partial charge in [0, 0.05) is 40.6 Å². The molecule has 0 spiro atoms. The van der Waals surface area contributed by atoms with Crippen molar-refractivity contribution in [3.05, 3.63) is 94.8 Å². The molecule has 2 amide bonds. The number of aromatic nitrogens is 1. The van der Waals surface area contributed by atoms with Crippen molar-refractivity contribution >= 4 is 23.5 Å². The molecule has 3 N–H and O–H groups in total. The van der Waals surface area contributed by atoms with E-state index in [9.17, 15) is 15.1 Å². The van der Waals surface area contributed by atoms with E-state index in [4.69, 9.17) is 9.47 Å². The van der Waals surface area contributed by atoms with Gasteiger partial charge in [-0.1, -0.05) is 55.1 Å². The minimum absolute atomic E-state index is 0.0109. The van der Waals surface area contributed by atoms with E-state index in [1.807, 2.05) is 60.7 Å². The zero-order chi connectivity index (χ0) is 30.3. The molecule has 9 heteroatoms.